The zero-order valence-corrected chi connectivity index (χ0v) is 27.4. The molecule has 0 spiro atoms. The average molecular weight is 625 g/mol. The Morgan fingerprint density at radius 2 is 0.898 bits per heavy atom. The van der Waals surface area contributed by atoms with Crippen LogP contribution in [0.3, 0.4) is 0 Å². The van der Waals surface area contributed by atoms with Crippen molar-refractivity contribution in [2.45, 2.75) is 19.3 Å². The molecule has 8 aromatic carbocycles. The van der Waals surface area contributed by atoms with E-state index in [1.54, 1.807) is 0 Å². The monoisotopic (exact) mass is 624 g/mol. The number of fused-ring (bicyclic) bond motifs is 11. The summed E-state index contributed by atoms with van der Waals surface area (Å²) in [5, 5.41) is 8.70. The lowest BCUT2D eigenvalue weighted by Crippen LogP contribution is -2.16. The predicted octanol–water partition coefficient (Wildman–Crippen LogP) is 12.4. The molecular weight excluding hydrogens is 593 g/mol. The highest BCUT2D eigenvalue weighted by atomic mass is 14.9. The zero-order valence-electron chi connectivity index (χ0n) is 27.4. The van der Waals surface area contributed by atoms with Gasteiger partial charge in [-0.1, -0.05) is 159 Å². The van der Waals surface area contributed by atoms with Crippen molar-refractivity contribution >= 4 is 43.2 Å². The summed E-state index contributed by atoms with van der Waals surface area (Å²) >= 11 is 0. The summed E-state index contributed by atoms with van der Waals surface area (Å²) in [6, 6.07) is 56.7. The lowest BCUT2D eigenvalue weighted by Gasteiger charge is -2.25. The minimum absolute atomic E-state index is 0.206. The Balaban J connectivity index is 1.26. The van der Waals surface area contributed by atoms with Crippen LogP contribution in [0.25, 0.3) is 88.1 Å². The van der Waals surface area contributed by atoms with E-state index in [0.717, 1.165) is 33.5 Å². The summed E-state index contributed by atoms with van der Waals surface area (Å²) in [5.74, 6) is 0.746. The van der Waals surface area contributed by atoms with Gasteiger partial charge in [-0.25, -0.2) is 9.97 Å². The molecule has 1 aliphatic carbocycles. The Labute approximate surface area is 285 Å². The van der Waals surface area contributed by atoms with E-state index in [9.17, 15) is 0 Å². The van der Waals surface area contributed by atoms with Gasteiger partial charge in [-0.05, 0) is 77.8 Å². The lowest BCUT2D eigenvalue weighted by atomic mass is 9.77. The minimum atomic E-state index is -0.206. The van der Waals surface area contributed by atoms with Crippen molar-refractivity contribution in [2.75, 3.05) is 0 Å². The quantitative estimate of drug-likeness (QED) is 0.183. The van der Waals surface area contributed by atoms with E-state index in [0.29, 0.717) is 0 Å². The lowest BCUT2D eigenvalue weighted by molar-refractivity contribution is 0.672. The molecule has 2 heteroatoms. The van der Waals surface area contributed by atoms with Crippen molar-refractivity contribution in [3.05, 3.63) is 169 Å². The second-order valence-electron chi connectivity index (χ2n) is 13.7. The molecule has 0 amide bonds. The molecule has 1 heterocycles. The second kappa shape index (κ2) is 10.4. The summed E-state index contributed by atoms with van der Waals surface area (Å²) in [6.45, 7) is 4.80. The van der Waals surface area contributed by atoms with Crippen LogP contribution in [0, 0.1) is 0 Å². The van der Waals surface area contributed by atoms with Crippen LogP contribution < -0.4 is 0 Å². The molecule has 0 fully saturated rings. The van der Waals surface area contributed by atoms with Crippen LogP contribution in [0.4, 0.5) is 0 Å². The van der Waals surface area contributed by atoms with E-state index >= 15 is 0 Å². The number of para-hydroxylation sites is 1. The van der Waals surface area contributed by atoms with Gasteiger partial charge in [-0.2, -0.15) is 0 Å². The maximum atomic E-state index is 5.41. The van der Waals surface area contributed by atoms with E-state index in [1.807, 2.05) is 0 Å². The number of nitrogens with zero attached hydrogens (tertiary/aromatic N) is 2. The normalized spacial score (nSPS) is 13.3. The van der Waals surface area contributed by atoms with Crippen LogP contribution in [-0.4, -0.2) is 9.97 Å². The second-order valence-corrected chi connectivity index (χ2v) is 13.7. The average Bonchev–Trinajstić information content (AvgIpc) is 3.41. The van der Waals surface area contributed by atoms with Crippen molar-refractivity contribution in [3.8, 4) is 44.9 Å². The highest BCUT2D eigenvalue weighted by Gasteiger charge is 2.40. The summed E-state index contributed by atoms with van der Waals surface area (Å²) in [5.41, 5.74) is 11.6. The largest absolute Gasteiger partial charge is 0.228 e. The van der Waals surface area contributed by atoms with Gasteiger partial charge in [0, 0.05) is 21.9 Å². The van der Waals surface area contributed by atoms with E-state index in [2.05, 4.69) is 172 Å². The van der Waals surface area contributed by atoms with E-state index in [-0.39, 0.29) is 5.41 Å². The van der Waals surface area contributed by atoms with Gasteiger partial charge < -0.3 is 0 Å². The molecule has 2 nitrogen and oxygen atoms in total. The number of aromatic nitrogens is 2. The summed E-state index contributed by atoms with van der Waals surface area (Å²) in [4.78, 5) is 10.7. The van der Waals surface area contributed by atoms with Gasteiger partial charge in [0.05, 0.1) is 11.2 Å². The van der Waals surface area contributed by atoms with E-state index < -0.39 is 0 Å². The Morgan fingerprint density at radius 3 is 1.61 bits per heavy atom. The number of rotatable bonds is 3. The molecule has 1 aromatic heterocycles. The molecule has 0 N–H and O–H groups in total. The zero-order chi connectivity index (χ0) is 32.7. The first-order valence-electron chi connectivity index (χ1n) is 17.0. The first kappa shape index (κ1) is 27.9. The molecule has 0 radical (unpaired) electrons. The fourth-order valence-corrected chi connectivity index (χ4v) is 8.49. The van der Waals surface area contributed by atoms with Crippen molar-refractivity contribution in [1.82, 2.24) is 9.97 Å². The molecule has 0 bridgehead atoms. The molecule has 49 heavy (non-hydrogen) atoms. The Kier molecular flexibility index (Phi) is 5.95. The van der Waals surface area contributed by atoms with Gasteiger partial charge in [-0.15, -0.1) is 0 Å². The fourth-order valence-electron chi connectivity index (χ4n) is 8.49. The van der Waals surface area contributed by atoms with Gasteiger partial charge in [0.25, 0.3) is 0 Å². The Hall–Kier alpha value is -6.12. The molecule has 9 aromatic rings. The Bertz CT molecular complexity index is 2780. The molecule has 230 valence electrons. The number of benzene rings is 8. The third-order valence-corrected chi connectivity index (χ3v) is 10.6. The van der Waals surface area contributed by atoms with Crippen LogP contribution in [-0.2, 0) is 5.41 Å². The van der Waals surface area contributed by atoms with Crippen LogP contribution in [0.1, 0.15) is 25.0 Å². The molecule has 0 unspecified atom stereocenters. The first-order valence-corrected chi connectivity index (χ1v) is 17.0. The van der Waals surface area contributed by atoms with Crippen molar-refractivity contribution in [2.24, 2.45) is 0 Å². The maximum Gasteiger partial charge on any atom is 0.161 e. The number of hydrogen-bond donors (Lipinski definition) is 0. The van der Waals surface area contributed by atoms with Gasteiger partial charge in [0.2, 0.25) is 0 Å². The van der Waals surface area contributed by atoms with Crippen LogP contribution in [0.15, 0.2) is 158 Å². The molecule has 0 atom stereocenters. The van der Waals surface area contributed by atoms with Crippen molar-refractivity contribution < 1.29 is 0 Å². The molecule has 0 saturated heterocycles. The van der Waals surface area contributed by atoms with Crippen LogP contribution in [0.5, 0.6) is 0 Å². The molecule has 10 rings (SSSR count). The van der Waals surface area contributed by atoms with Crippen LogP contribution in [0.2, 0.25) is 0 Å². The highest BCUT2D eigenvalue weighted by Crippen LogP contribution is 2.57. The third-order valence-electron chi connectivity index (χ3n) is 10.6. The smallest absolute Gasteiger partial charge is 0.161 e. The summed E-state index contributed by atoms with van der Waals surface area (Å²) in [6.07, 6.45) is 0. The molecular formula is C47H32N2. The van der Waals surface area contributed by atoms with Crippen LogP contribution >= 0.6 is 0 Å². The standard InChI is InChI=1S/C47H32N2/c1-47(2)43-36-20-10-8-18-34(36)39(28-40(43)42-35-19-9-6-16-32(35)33-17-7-11-21-37(33)44(42)47)46-48-41-23-13-12-22-38(41)45(49-46)31-26-24-30(25-27-31)29-14-4-3-5-15-29/h3-28H,1-2H3. The fraction of sp³-hybridized carbons (Fsp3) is 0.0638. The molecule has 1 aliphatic rings. The van der Waals surface area contributed by atoms with Crippen molar-refractivity contribution in [3.63, 3.8) is 0 Å². The van der Waals surface area contributed by atoms with Crippen molar-refractivity contribution in [1.29, 1.82) is 0 Å². The minimum Gasteiger partial charge on any atom is -0.228 e. The predicted molar refractivity (Wildman–Crippen MR) is 206 cm³/mol. The summed E-state index contributed by atoms with van der Waals surface area (Å²) in [7, 11) is 0. The SMILES string of the molecule is CC1(C)c2c(cc(-c3nc(-c4ccc(-c5ccccc5)cc4)c4ccccc4n3)c3ccccc23)-c2c1c1ccccc1c1ccccc21. The Morgan fingerprint density at radius 1 is 0.388 bits per heavy atom. The molecule has 0 saturated carbocycles. The van der Waals surface area contributed by atoms with Gasteiger partial charge in [-0.3, -0.25) is 0 Å². The van der Waals surface area contributed by atoms with Gasteiger partial charge in [0.1, 0.15) is 0 Å². The maximum absolute atomic E-state index is 5.41. The van der Waals surface area contributed by atoms with Gasteiger partial charge in [0.15, 0.2) is 5.82 Å². The van der Waals surface area contributed by atoms with Gasteiger partial charge >= 0.3 is 0 Å². The molecule has 0 aliphatic heterocycles. The number of hydrogen-bond acceptors (Lipinski definition) is 2. The topological polar surface area (TPSA) is 25.8 Å². The first-order chi connectivity index (χ1) is 24.1. The third kappa shape index (κ3) is 4.07. The van der Waals surface area contributed by atoms with E-state index in [1.165, 1.54) is 65.7 Å². The van der Waals surface area contributed by atoms with E-state index in [4.69, 9.17) is 9.97 Å². The highest BCUT2D eigenvalue weighted by molar-refractivity contribution is 6.20. The summed E-state index contributed by atoms with van der Waals surface area (Å²) < 4.78 is 0.